The molecule has 166 valence electrons. The molecule has 0 saturated heterocycles. The van der Waals surface area contributed by atoms with Crippen molar-refractivity contribution in [3.8, 4) is 5.69 Å². The summed E-state index contributed by atoms with van der Waals surface area (Å²) in [6.07, 6.45) is 0. The smallest absolute Gasteiger partial charge is 0.373 e. The molecule has 5 rings (SSSR count). The fraction of sp³-hybridized carbons (Fsp3) is 0.167. The fourth-order valence-electron chi connectivity index (χ4n) is 3.77. The van der Waals surface area contributed by atoms with Crippen molar-refractivity contribution in [2.75, 3.05) is 7.11 Å². The summed E-state index contributed by atoms with van der Waals surface area (Å²) in [5.74, 6) is 1.08. The fourth-order valence-corrected chi connectivity index (χ4v) is 4.60. The van der Waals surface area contributed by atoms with Gasteiger partial charge < -0.3 is 9.15 Å². The number of ether oxygens (including phenoxy) is 1. The van der Waals surface area contributed by atoms with Gasteiger partial charge in [0.05, 0.1) is 29.5 Å². The third kappa shape index (κ3) is 3.50. The molecule has 33 heavy (non-hydrogen) atoms. The zero-order valence-corrected chi connectivity index (χ0v) is 19.0. The predicted octanol–water partition coefficient (Wildman–Crippen LogP) is 4.32. The SMILES string of the molecule is COC(=O)c1ccc(CSc2nnc3n(-c4cccc(C)c4C)c(=O)c4ccccc4n23)o1. The third-order valence-corrected chi connectivity index (χ3v) is 6.55. The molecule has 0 bridgehead atoms. The summed E-state index contributed by atoms with van der Waals surface area (Å²) in [6, 6.07) is 16.6. The minimum atomic E-state index is -0.525. The van der Waals surface area contributed by atoms with Crippen molar-refractivity contribution >= 4 is 34.4 Å². The molecule has 3 aromatic heterocycles. The van der Waals surface area contributed by atoms with E-state index < -0.39 is 5.97 Å². The van der Waals surface area contributed by atoms with E-state index >= 15 is 0 Å². The molecular formula is C24H20N4O4S. The van der Waals surface area contributed by atoms with Gasteiger partial charge in [0.1, 0.15) is 5.76 Å². The highest BCUT2D eigenvalue weighted by Gasteiger charge is 2.20. The van der Waals surface area contributed by atoms with Gasteiger partial charge in [-0.15, -0.1) is 10.2 Å². The van der Waals surface area contributed by atoms with Crippen LogP contribution in [0.2, 0.25) is 0 Å². The van der Waals surface area contributed by atoms with E-state index in [1.165, 1.54) is 18.9 Å². The van der Waals surface area contributed by atoms with Crippen LogP contribution in [0, 0.1) is 13.8 Å². The Morgan fingerprint density at radius 3 is 2.70 bits per heavy atom. The molecule has 0 saturated carbocycles. The number of thioether (sulfide) groups is 1. The van der Waals surface area contributed by atoms with Crippen LogP contribution in [-0.2, 0) is 10.5 Å². The van der Waals surface area contributed by atoms with Gasteiger partial charge >= 0.3 is 5.97 Å². The second kappa shape index (κ2) is 8.25. The second-order valence-electron chi connectivity index (χ2n) is 7.54. The number of aromatic nitrogens is 4. The van der Waals surface area contributed by atoms with E-state index in [1.807, 2.05) is 60.7 Å². The van der Waals surface area contributed by atoms with Gasteiger partial charge in [-0.3, -0.25) is 9.20 Å². The van der Waals surface area contributed by atoms with Crippen molar-refractivity contribution in [3.05, 3.63) is 87.6 Å². The Morgan fingerprint density at radius 1 is 1.06 bits per heavy atom. The van der Waals surface area contributed by atoms with Crippen molar-refractivity contribution in [2.45, 2.75) is 24.8 Å². The molecule has 0 amide bonds. The lowest BCUT2D eigenvalue weighted by Gasteiger charge is -2.14. The summed E-state index contributed by atoms with van der Waals surface area (Å²) in [5, 5.41) is 9.94. The molecule has 0 unspecified atom stereocenters. The minimum absolute atomic E-state index is 0.147. The number of hydrogen-bond donors (Lipinski definition) is 0. The van der Waals surface area contributed by atoms with Gasteiger partial charge in [-0.1, -0.05) is 36.0 Å². The molecule has 0 aliphatic carbocycles. The van der Waals surface area contributed by atoms with Crippen molar-refractivity contribution in [1.29, 1.82) is 0 Å². The number of benzene rings is 2. The Bertz CT molecular complexity index is 1580. The Balaban J connectivity index is 1.66. The molecule has 0 atom stereocenters. The van der Waals surface area contributed by atoms with Crippen molar-refractivity contribution in [3.63, 3.8) is 0 Å². The van der Waals surface area contributed by atoms with Gasteiger partial charge in [0, 0.05) is 0 Å². The number of esters is 1. The molecule has 0 radical (unpaired) electrons. The molecule has 3 heterocycles. The highest BCUT2D eigenvalue weighted by Crippen LogP contribution is 2.27. The Morgan fingerprint density at radius 2 is 1.88 bits per heavy atom. The van der Waals surface area contributed by atoms with Gasteiger partial charge in [0.25, 0.3) is 5.56 Å². The van der Waals surface area contributed by atoms with Gasteiger partial charge in [-0.2, -0.15) is 0 Å². The maximum atomic E-state index is 13.5. The van der Waals surface area contributed by atoms with Crippen LogP contribution in [0.3, 0.4) is 0 Å². The molecule has 0 aliphatic rings. The maximum Gasteiger partial charge on any atom is 0.373 e. The zero-order valence-electron chi connectivity index (χ0n) is 18.2. The first-order chi connectivity index (χ1) is 16.0. The van der Waals surface area contributed by atoms with Crippen LogP contribution in [-0.4, -0.2) is 32.2 Å². The number of rotatable bonds is 5. The van der Waals surface area contributed by atoms with Crippen molar-refractivity contribution in [1.82, 2.24) is 19.2 Å². The first-order valence-electron chi connectivity index (χ1n) is 10.2. The number of hydrogen-bond acceptors (Lipinski definition) is 7. The molecular weight excluding hydrogens is 440 g/mol. The lowest BCUT2D eigenvalue weighted by atomic mass is 10.1. The van der Waals surface area contributed by atoms with Gasteiger partial charge in [-0.25, -0.2) is 9.36 Å². The van der Waals surface area contributed by atoms with Crippen LogP contribution in [0.15, 0.2) is 69.0 Å². The third-order valence-electron chi connectivity index (χ3n) is 5.60. The lowest BCUT2D eigenvalue weighted by Crippen LogP contribution is -2.22. The highest BCUT2D eigenvalue weighted by atomic mass is 32.2. The van der Waals surface area contributed by atoms with E-state index in [0.717, 1.165) is 22.3 Å². The van der Waals surface area contributed by atoms with Gasteiger partial charge in [0.2, 0.25) is 11.5 Å². The molecule has 8 nitrogen and oxygen atoms in total. The van der Waals surface area contributed by atoms with Gasteiger partial charge in [-0.05, 0) is 55.3 Å². The number of carbonyl (C=O) groups excluding carboxylic acids is 1. The summed E-state index contributed by atoms with van der Waals surface area (Å²) >= 11 is 1.40. The predicted molar refractivity (Wildman–Crippen MR) is 125 cm³/mol. The Kier molecular flexibility index (Phi) is 5.26. The summed E-state index contributed by atoms with van der Waals surface area (Å²) in [6.45, 7) is 4.00. The Labute approximate surface area is 192 Å². The van der Waals surface area contributed by atoms with Crippen LogP contribution in [0.1, 0.15) is 27.4 Å². The summed E-state index contributed by atoms with van der Waals surface area (Å²) in [5.41, 5.74) is 3.43. The molecule has 0 spiro atoms. The molecule has 0 aliphatic heterocycles. The number of aryl methyl sites for hydroxylation is 1. The summed E-state index contributed by atoms with van der Waals surface area (Å²) in [7, 11) is 1.31. The Hall–Kier alpha value is -3.85. The minimum Gasteiger partial charge on any atom is -0.463 e. The van der Waals surface area contributed by atoms with E-state index in [9.17, 15) is 9.59 Å². The highest BCUT2D eigenvalue weighted by molar-refractivity contribution is 7.98. The quantitative estimate of drug-likeness (QED) is 0.285. The van der Waals surface area contributed by atoms with Gasteiger partial charge in [0.15, 0.2) is 5.16 Å². The molecule has 5 aromatic rings. The topological polar surface area (TPSA) is 91.6 Å². The first kappa shape index (κ1) is 21.0. The zero-order chi connectivity index (χ0) is 23.1. The average molecular weight is 461 g/mol. The molecule has 0 fully saturated rings. The molecule has 0 N–H and O–H groups in total. The number of fused-ring (bicyclic) bond motifs is 3. The van der Waals surface area contributed by atoms with Crippen LogP contribution in [0.4, 0.5) is 0 Å². The van der Waals surface area contributed by atoms with Crippen molar-refractivity contribution < 1.29 is 13.9 Å². The van der Waals surface area contributed by atoms with Crippen LogP contribution in [0.5, 0.6) is 0 Å². The number of nitrogens with zero attached hydrogens (tertiary/aromatic N) is 4. The molecule has 9 heteroatoms. The van der Waals surface area contributed by atoms with E-state index in [1.54, 1.807) is 16.7 Å². The van der Waals surface area contributed by atoms with Crippen molar-refractivity contribution in [2.24, 2.45) is 0 Å². The van der Waals surface area contributed by atoms with Crippen LogP contribution < -0.4 is 5.56 Å². The number of para-hydroxylation sites is 1. The maximum absolute atomic E-state index is 13.5. The monoisotopic (exact) mass is 460 g/mol. The largest absolute Gasteiger partial charge is 0.463 e. The standard InChI is InChI=1S/C24H20N4O4S/c1-14-7-6-10-18(15(14)2)27-21(29)17-8-4-5-9-19(17)28-23(27)25-26-24(28)33-13-16-11-12-20(32-16)22(30)31-3/h4-12H,13H2,1-3H3. The van der Waals surface area contributed by atoms with E-state index in [4.69, 9.17) is 9.15 Å². The summed E-state index contributed by atoms with van der Waals surface area (Å²) in [4.78, 5) is 25.2. The van der Waals surface area contributed by atoms with E-state index in [0.29, 0.717) is 27.8 Å². The second-order valence-corrected chi connectivity index (χ2v) is 8.48. The number of carbonyl (C=O) groups is 1. The summed E-state index contributed by atoms with van der Waals surface area (Å²) < 4.78 is 13.8. The van der Waals surface area contributed by atoms with Crippen LogP contribution >= 0.6 is 11.8 Å². The van der Waals surface area contributed by atoms with E-state index in [-0.39, 0.29) is 11.3 Å². The molecule has 2 aromatic carbocycles. The normalized spacial score (nSPS) is 11.4. The first-order valence-corrected chi connectivity index (χ1v) is 11.2. The number of methoxy groups -OCH3 is 1. The van der Waals surface area contributed by atoms with Crippen LogP contribution in [0.25, 0.3) is 22.4 Å². The average Bonchev–Trinajstić information content (AvgIpc) is 3.47. The number of furan rings is 1. The van der Waals surface area contributed by atoms with E-state index in [2.05, 4.69) is 10.2 Å². The lowest BCUT2D eigenvalue weighted by molar-refractivity contribution is 0.0563.